The average molecular weight is 395 g/mol. The van der Waals surface area contributed by atoms with Gasteiger partial charge in [-0.15, -0.1) is 0 Å². The van der Waals surface area contributed by atoms with Gasteiger partial charge in [0.15, 0.2) is 0 Å². The zero-order chi connectivity index (χ0) is 15.6. The Morgan fingerprint density at radius 3 is 2.43 bits per heavy atom. The molecule has 1 N–H and O–H groups in total. The molecule has 0 radical (unpaired) electrons. The summed E-state index contributed by atoms with van der Waals surface area (Å²) in [5.74, 6) is 0.711. The second-order valence-corrected chi connectivity index (χ2v) is 8.95. The molecule has 0 spiro atoms. The fourth-order valence-corrected chi connectivity index (χ4v) is 3.91. The normalized spacial score (nSPS) is 22.8. The van der Waals surface area contributed by atoms with Crippen molar-refractivity contribution in [2.24, 2.45) is 11.8 Å². The summed E-state index contributed by atoms with van der Waals surface area (Å²) < 4.78 is 23.0. The van der Waals surface area contributed by atoms with Gasteiger partial charge in [0.1, 0.15) is 0 Å². The second kappa shape index (κ2) is 6.67. The Bertz CT molecular complexity index is 640. The summed E-state index contributed by atoms with van der Waals surface area (Å²) in [6.07, 6.45) is 3.95. The molecule has 4 nitrogen and oxygen atoms in total. The van der Waals surface area contributed by atoms with Crippen LogP contribution in [-0.4, -0.2) is 14.3 Å². The van der Waals surface area contributed by atoms with Gasteiger partial charge in [-0.3, -0.25) is 4.79 Å². The summed E-state index contributed by atoms with van der Waals surface area (Å²) in [6.45, 7) is 2.20. The minimum Gasteiger partial charge on any atom is -0.325 e. The number of amides is 1. The maximum absolute atomic E-state index is 12.2. The standard InChI is InChI=1S/C14H17BrClNO3S/c1-9-2-4-10(5-3-9)14(18)17-13-7-6-11(8-12(13)15)21(16,19)20/h6-10H,2-5H2,1H3,(H,17,18). The molecule has 0 atom stereocenters. The lowest BCUT2D eigenvalue weighted by Crippen LogP contribution is -2.26. The third-order valence-electron chi connectivity index (χ3n) is 3.87. The molecule has 1 aromatic carbocycles. The van der Waals surface area contributed by atoms with E-state index in [0.717, 1.165) is 25.7 Å². The molecule has 21 heavy (non-hydrogen) atoms. The zero-order valence-electron chi connectivity index (χ0n) is 11.6. The van der Waals surface area contributed by atoms with Crippen LogP contribution in [0.25, 0.3) is 0 Å². The average Bonchev–Trinajstić information content (AvgIpc) is 2.40. The van der Waals surface area contributed by atoms with E-state index in [0.29, 0.717) is 16.1 Å². The van der Waals surface area contributed by atoms with Crippen LogP contribution in [-0.2, 0) is 13.8 Å². The number of hydrogen-bond acceptors (Lipinski definition) is 3. The van der Waals surface area contributed by atoms with Gasteiger partial charge in [-0.05, 0) is 65.7 Å². The van der Waals surface area contributed by atoms with Crippen molar-refractivity contribution in [1.29, 1.82) is 0 Å². The molecule has 0 aliphatic heterocycles. The summed E-state index contributed by atoms with van der Waals surface area (Å²) in [6, 6.07) is 4.31. The molecule has 1 aliphatic rings. The van der Waals surface area contributed by atoms with E-state index in [1.165, 1.54) is 12.1 Å². The molecule has 0 unspecified atom stereocenters. The SMILES string of the molecule is CC1CCC(C(=O)Nc2ccc(S(=O)(=O)Cl)cc2Br)CC1. The highest BCUT2D eigenvalue weighted by Gasteiger charge is 2.24. The molecule has 2 rings (SSSR count). The van der Waals surface area contributed by atoms with Gasteiger partial charge in [0.2, 0.25) is 5.91 Å². The first-order chi connectivity index (χ1) is 9.77. The maximum atomic E-state index is 12.2. The quantitative estimate of drug-likeness (QED) is 0.784. The number of carbonyl (C=O) groups is 1. The third kappa shape index (κ3) is 4.44. The molecule has 0 saturated heterocycles. The molecular formula is C14H17BrClNO3S. The van der Waals surface area contributed by atoms with Crippen molar-refractivity contribution >= 4 is 47.3 Å². The number of carbonyl (C=O) groups excluding carboxylic acids is 1. The Morgan fingerprint density at radius 1 is 1.29 bits per heavy atom. The fourth-order valence-electron chi connectivity index (χ4n) is 2.51. The van der Waals surface area contributed by atoms with Crippen molar-refractivity contribution in [1.82, 2.24) is 0 Å². The number of benzene rings is 1. The predicted molar refractivity (Wildman–Crippen MR) is 86.9 cm³/mol. The molecular weight excluding hydrogens is 378 g/mol. The highest BCUT2D eigenvalue weighted by atomic mass is 79.9. The number of halogens is 2. The lowest BCUT2D eigenvalue weighted by molar-refractivity contribution is -0.121. The lowest BCUT2D eigenvalue weighted by atomic mass is 9.82. The van der Waals surface area contributed by atoms with Crippen LogP contribution < -0.4 is 5.32 Å². The summed E-state index contributed by atoms with van der Waals surface area (Å²) >= 11 is 3.26. The van der Waals surface area contributed by atoms with Crippen LogP contribution in [0.4, 0.5) is 5.69 Å². The first-order valence-corrected chi connectivity index (χ1v) is 9.92. The molecule has 7 heteroatoms. The van der Waals surface area contributed by atoms with E-state index in [1.807, 2.05) is 0 Å². The fraction of sp³-hybridized carbons (Fsp3) is 0.500. The van der Waals surface area contributed by atoms with Crippen LogP contribution in [0.1, 0.15) is 32.6 Å². The van der Waals surface area contributed by atoms with Crippen LogP contribution in [0.5, 0.6) is 0 Å². The van der Waals surface area contributed by atoms with Crippen molar-refractivity contribution in [2.75, 3.05) is 5.32 Å². The molecule has 1 saturated carbocycles. The molecule has 1 aliphatic carbocycles. The van der Waals surface area contributed by atoms with Crippen LogP contribution in [0, 0.1) is 11.8 Å². The van der Waals surface area contributed by atoms with Gasteiger partial charge in [0, 0.05) is 21.1 Å². The van der Waals surface area contributed by atoms with Gasteiger partial charge < -0.3 is 5.32 Å². The van der Waals surface area contributed by atoms with Gasteiger partial charge in [0.05, 0.1) is 10.6 Å². The Kier molecular flexibility index (Phi) is 5.33. The minimum atomic E-state index is -3.77. The molecule has 0 heterocycles. The van der Waals surface area contributed by atoms with Crippen LogP contribution in [0.3, 0.4) is 0 Å². The molecule has 1 aromatic rings. The maximum Gasteiger partial charge on any atom is 0.261 e. The van der Waals surface area contributed by atoms with Crippen LogP contribution in [0.2, 0.25) is 0 Å². The molecule has 116 valence electrons. The number of hydrogen-bond donors (Lipinski definition) is 1. The van der Waals surface area contributed by atoms with Crippen molar-refractivity contribution in [3.05, 3.63) is 22.7 Å². The van der Waals surface area contributed by atoms with Gasteiger partial charge >= 0.3 is 0 Å². The topological polar surface area (TPSA) is 63.2 Å². The number of anilines is 1. The molecule has 1 amide bonds. The van der Waals surface area contributed by atoms with E-state index in [2.05, 4.69) is 28.2 Å². The summed E-state index contributed by atoms with van der Waals surface area (Å²) in [5, 5.41) is 2.85. The first-order valence-electron chi connectivity index (χ1n) is 6.82. The monoisotopic (exact) mass is 393 g/mol. The largest absolute Gasteiger partial charge is 0.325 e. The lowest BCUT2D eigenvalue weighted by Gasteiger charge is -2.25. The van der Waals surface area contributed by atoms with Crippen molar-refractivity contribution < 1.29 is 13.2 Å². The van der Waals surface area contributed by atoms with E-state index in [-0.39, 0.29) is 16.7 Å². The number of nitrogens with one attached hydrogen (secondary N) is 1. The van der Waals surface area contributed by atoms with Crippen molar-refractivity contribution in [2.45, 2.75) is 37.5 Å². The smallest absolute Gasteiger partial charge is 0.261 e. The summed E-state index contributed by atoms with van der Waals surface area (Å²) in [5.41, 5.74) is 0.558. The Labute approximate surface area is 137 Å². The van der Waals surface area contributed by atoms with Gasteiger partial charge in [-0.25, -0.2) is 8.42 Å². The molecule has 1 fully saturated rings. The molecule has 0 bridgehead atoms. The Balaban J connectivity index is 2.08. The molecule has 0 aromatic heterocycles. The van der Waals surface area contributed by atoms with Crippen LogP contribution >= 0.6 is 26.6 Å². The van der Waals surface area contributed by atoms with Gasteiger partial charge in [0.25, 0.3) is 9.05 Å². The summed E-state index contributed by atoms with van der Waals surface area (Å²) in [4.78, 5) is 12.2. The first kappa shape index (κ1) is 16.8. The third-order valence-corrected chi connectivity index (χ3v) is 5.87. The minimum absolute atomic E-state index is 0.000492. The van der Waals surface area contributed by atoms with Gasteiger partial charge in [-0.1, -0.05) is 6.92 Å². The second-order valence-electron chi connectivity index (χ2n) is 5.53. The Hall–Kier alpha value is -0.590. The predicted octanol–water partition coefficient (Wildman–Crippen LogP) is 4.14. The van der Waals surface area contributed by atoms with Gasteiger partial charge in [-0.2, -0.15) is 0 Å². The van der Waals surface area contributed by atoms with Crippen LogP contribution in [0.15, 0.2) is 27.6 Å². The number of rotatable bonds is 3. The highest BCUT2D eigenvalue weighted by Crippen LogP contribution is 2.31. The Morgan fingerprint density at radius 2 is 1.90 bits per heavy atom. The van der Waals surface area contributed by atoms with E-state index in [4.69, 9.17) is 10.7 Å². The van der Waals surface area contributed by atoms with E-state index < -0.39 is 9.05 Å². The van der Waals surface area contributed by atoms with Crippen molar-refractivity contribution in [3.63, 3.8) is 0 Å². The zero-order valence-corrected chi connectivity index (χ0v) is 14.8. The summed E-state index contributed by atoms with van der Waals surface area (Å²) in [7, 11) is 1.52. The van der Waals surface area contributed by atoms with E-state index in [1.54, 1.807) is 6.07 Å². The van der Waals surface area contributed by atoms with E-state index >= 15 is 0 Å². The highest BCUT2D eigenvalue weighted by molar-refractivity contribution is 9.10. The van der Waals surface area contributed by atoms with E-state index in [9.17, 15) is 13.2 Å². The van der Waals surface area contributed by atoms with Crippen molar-refractivity contribution in [3.8, 4) is 0 Å².